The molecule has 4 rings (SSSR count). The molecule has 0 saturated carbocycles. The highest BCUT2D eigenvalue weighted by atomic mass is 19.1. The molecule has 1 aromatic heterocycles. The summed E-state index contributed by atoms with van der Waals surface area (Å²) in [5, 5.41) is 16.0. The van der Waals surface area contributed by atoms with Gasteiger partial charge in [0.15, 0.2) is 0 Å². The van der Waals surface area contributed by atoms with Crippen LogP contribution in [0.15, 0.2) is 54.7 Å². The Labute approximate surface area is 237 Å². The standard InChI is InChI=1S/C30H36F3N5O3/c1-18(39)28(40)38(16-20-13-35-14-24(20)33)26(30(2,3)29(41)34-4)27-36-25(22-12-21(31)10-11-23(22)32)17-37(27)15-19-8-6-5-7-9-19/h5-12,17-18,20,24,26,35,39H,13-16H2,1-4H3,(H,34,41). The van der Waals surface area contributed by atoms with E-state index in [-0.39, 0.29) is 36.7 Å². The number of hydrogen-bond acceptors (Lipinski definition) is 5. The minimum atomic E-state index is -1.46. The molecule has 4 atom stereocenters. The van der Waals surface area contributed by atoms with Gasteiger partial charge in [-0.05, 0) is 44.5 Å². The highest BCUT2D eigenvalue weighted by Gasteiger charge is 2.47. The molecule has 220 valence electrons. The third-order valence-corrected chi connectivity index (χ3v) is 7.59. The second kappa shape index (κ2) is 12.4. The van der Waals surface area contributed by atoms with Crippen molar-refractivity contribution < 1.29 is 27.9 Å². The number of halogens is 3. The van der Waals surface area contributed by atoms with E-state index in [4.69, 9.17) is 4.98 Å². The molecule has 1 saturated heterocycles. The minimum Gasteiger partial charge on any atom is -0.384 e. The topological polar surface area (TPSA) is 99.5 Å². The van der Waals surface area contributed by atoms with E-state index in [1.54, 1.807) is 24.6 Å². The molecule has 0 radical (unpaired) electrons. The number of nitrogens with zero attached hydrogens (tertiary/aromatic N) is 3. The maximum Gasteiger partial charge on any atom is 0.251 e. The summed E-state index contributed by atoms with van der Waals surface area (Å²) < 4.78 is 45.6. The Bertz CT molecular complexity index is 1380. The molecular formula is C30H36F3N5O3. The van der Waals surface area contributed by atoms with E-state index < -0.39 is 53.1 Å². The van der Waals surface area contributed by atoms with Gasteiger partial charge in [0.1, 0.15) is 35.8 Å². The van der Waals surface area contributed by atoms with Crippen molar-refractivity contribution in [1.82, 2.24) is 25.1 Å². The van der Waals surface area contributed by atoms with Crippen LogP contribution in [0.4, 0.5) is 13.2 Å². The summed E-state index contributed by atoms with van der Waals surface area (Å²) in [5.41, 5.74) is -0.492. The Morgan fingerprint density at radius 2 is 1.90 bits per heavy atom. The number of nitrogens with one attached hydrogen (secondary N) is 2. The number of rotatable bonds is 10. The van der Waals surface area contributed by atoms with E-state index >= 15 is 0 Å². The number of aliphatic hydroxyl groups excluding tert-OH is 1. The summed E-state index contributed by atoms with van der Waals surface area (Å²) in [5.74, 6) is -2.89. The fourth-order valence-electron chi connectivity index (χ4n) is 5.37. The van der Waals surface area contributed by atoms with Gasteiger partial charge in [0.05, 0.1) is 11.1 Å². The maximum atomic E-state index is 14.9. The van der Waals surface area contributed by atoms with Crippen molar-refractivity contribution in [1.29, 1.82) is 0 Å². The van der Waals surface area contributed by atoms with Gasteiger partial charge in [-0.1, -0.05) is 30.3 Å². The van der Waals surface area contributed by atoms with E-state index in [0.717, 1.165) is 23.8 Å². The lowest BCUT2D eigenvalue weighted by molar-refractivity contribution is -0.149. The van der Waals surface area contributed by atoms with Crippen LogP contribution in [0.5, 0.6) is 0 Å². The first-order valence-electron chi connectivity index (χ1n) is 13.6. The van der Waals surface area contributed by atoms with Crippen LogP contribution in [0.3, 0.4) is 0 Å². The first-order chi connectivity index (χ1) is 19.4. The lowest BCUT2D eigenvalue weighted by Crippen LogP contribution is -2.53. The van der Waals surface area contributed by atoms with Gasteiger partial charge in [-0.25, -0.2) is 18.2 Å². The molecule has 11 heteroatoms. The van der Waals surface area contributed by atoms with Gasteiger partial charge in [-0.15, -0.1) is 0 Å². The number of aliphatic hydroxyl groups is 1. The predicted molar refractivity (Wildman–Crippen MR) is 148 cm³/mol. The second-order valence-electron chi connectivity index (χ2n) is 11.0. The van der Waals surface area contributed by atoms with Gasteiger partial charge in [-0.2, -0.15) is 0 Å². The van der Waals surface area contributed by atoms with Crippen LogP contribution >= 0.6 is 0 Å². The number of carbonyl (C=O) groups is 2. The van der Waals surface area contributed by atoms with E-state index in [0.29, 0.717) is 6.54 Å². The van der Waals surface area contributed by atoms with Crippen LogP contribution in [-0.2, 0) is 16.1 Å². The zero-order valence-corrected chi connectivity index (χ0v) is 23.6. The maximum absolute atomic E-state index is 14.9. The molecule has 2 amide bonds. The molecule has 1 fully saturated rings. The van der Waals surface area contributed by atoms with Crippen molar-refractivity contribution in [2.24, 2.45) is 11.3 Å². The van der Waals surface area contributed by atoms with Crippen LogP contribution in [0.25, 0.3) is 11.3 Å². The predicted octanol–water partition coefficient (Wildman–Crippen LogP) is 3.46. The molecule has 8 nitrogen and oxygen atoms in total. The van der Waals surface area contributed by atoms with Crippen LogP contribution in [-0.4, -0.2) is 70.3 Å². The van der Waals surface area contributed by atoms with Crippen molar-refractivity contribution in [3.8, 4) is 11.3 Å². The third kappa shape index (κ3) is 6.46. The zero-order chi connectivity index (χ0) is 29.9. The van der Waals surface area contributed by atoms with E-state index in [2.05, 4.69) is 10.6 Å². The summed E-state index contributed by atoms with van der Waals surface area (Å²) in [6.07, 6.45) is -1.15. The molecule has 3 N–H and O–H groups in total. The lowest BCUT2D eigenvalue weighted by atomic mass is 9.80. The Hall–Kier alpha value is -3.70. The highest BCUT2D eigenvalue weighted by molar-refractivity contribution is 5.85. The monoisotopic (exact) mass is 571 g/mol. The Kier molecular flexibility index (Phi) is 9.18. The number of imidazole rings is 1. The summed E-state index contributed by atoms with van der Waals surface area (Å²) in [6.45, 7) is 5.11. The quantitative estimate of drug-likeness (QED) is 0.346. The molecule has 3 aromatic rings. The SMILES string of the molecule is CNC(=O)C(C)(C)C(c1nc(-c2cc(F)ccc2F)cn1Cc1ccccc1)N(CC1CNCC1F)C(=O)C(C)O. The first kappa shape index (κ1) is 30.3. The Morgan fingerprint density at radius 1 is 1.20 bits per heavy atom. The normalized spacial score (nSPS) is 18.6. The van der Waals surface area contributed by atoms with Crippen LogP contribution in [0.1, 0.15) is 38.2 Å². The fraction of sp³-hybridized carbons (Fsp3) is 0.433. The fourth-order valence-corrected chi connectivity index (χ4v) is 5.37. The van der Waals surface area contributed by atoms with Gasteiger partial charge in [0.25, 0.3) is 5.91 Å². The number of amides is 2. The van der Waals surface area contributed by atoms with Crippen molar-refractivity contribution in [2.75, 3.05) is 26.7 Å². The van der Waals surface area contributed by atoms with Crippen LogP contribution in [0, 0.1) is 23.0 Å². The Balaban J connectivity index is 1.96. The number of hydrogen-bond donors (Lipinski definition) is 3. The molecule has 0 spiro atoms. The average molecular weight is 572 g/mol. The van der Waals surface area contributed by atoms with Gasteiger partial charge in [0, 0.05) is 50.9 Å². The second-order valence-corrected chi connectivity index (χ2v) is 11.0. The summed E-state index contributed by atoms with van der Waals surface area (Å²) in [6, 6.07) is 11.2. The van der Waals surface area contributed by atoms with Crippen LogP contribution in [0.2, 0.25) is 0 Å². The summed E-state index contributed by atoms with van der Waals surface area (Å²) in [7, 11) is 1.46. The number of alkyl halides is 1. The Morgan fingerprint density at radius 3 is 2.51 bits per heavy atom. The minimum absolute atomic E-state index is 0.0909. The van der Waals surface area contributed by atoms with Crippen molar-refractivity contribution in [3.05, 3.63) is 77.8 Å². The molecule has 0 aliphatic carbocycles. The highest BCUT2D eigenvalue weighted by Crippen LogP contribution is 2.41. The molecular weight excluding hydrogens is 535 g/mol. The first-order valence-corrected chi connectivity index (χ1v) is 13.6. The van der Waals surface area contributed by atoms with E-state index in [9.17, 15) is 27.9 Å². The third-order valence-electron chi connectivity index (χ3n) is 7.59. The lowest BCUT2D eigenvalue weighted by Gasteiger charge is -2.42. The molecule has 41 heavy (non-hydrogen) atoms. The molecule has 2 aromatic carbocycles. The molecule has 0 bridgehead atoms. The molecule has 1 aliphatic heterocycles. The number of aromatic nitrogens is 2. The summed E-state index contributed by atoms with van der Waals surface area (Å²) >= 11 is 0. The zero-order valence-electron chi connectivity index (χ0n) is 23.6. The van der Waals surface area contributed by atoms with Crippen molar-refractivity contribution >= 4 is 11.8 Å². The average Bonchev–Trinajstić information content (AvgIpc) is 3.54. The molecule has 1 aliphatic rings. The molecule has 2 heterocycles. The van der Waals surface area contributed by atoms with E-state index in [1.807, 2.05) is 30.3 Å². The van der Waals surface area contributed by atoms with Gasteiger partial charge >= 0.3 is 0 Å². The summed E-state index contributed by atoms with van der Waals surface area (Å²) in [4.78, 5) is 33.0. The number of carbonyl (C=O) groups excluding carboxylic acids is 2. The number of benzene rings is 2. The van der Waals surface area contributed by atoms with Gasteiger partial charge < -0.3 is 25.2 Å². The van der Waals surface area contributed by atoms with Gasteiger partial charge in [-0.3, -0.25) is 9.59 Å². The van der Waals surface area contributed by atoms with Crippen LogP contribution < -0.4 is 10.6 Å². The molecule has 4 unspecified atom stereocenters. The largest absolute Gasteiger partial charge is 0.384 e. The van der Waals surface area contributed by atoms with Crippen molar-refractivity contribution in [3.63, 3.8) is 0 Å². The van der Waals surface area contributed by atoms with Crippen molar-refractivity contribution in [2.45, 2.75) is 45.6 Å². The van der Waals surface area contributed by atoms with Gasteiger partial charge in [0.2, 0.25) is 5.91 Å². The van der Waals surface area contributed by atoms with E-state index in [1.165, 1.54) is 18.9 Å². The smallest absolute Gasteiger partial charge is 0.251 e.